The number of aromatic nitrogens is 4. The highest BCUT2D eigenvalue weighted by atomic mass is 32.1. The largest absolute Gasteiger partial charge is 0.388 e. The summed E-state index contributed by atoms with van der Waals surface area (Å²) >= 11 is 1.58. The number of thiazole rings is 1. The molecular weight excluding hydrogens is 362 g/mol. The van der Waals surface area contributed by atoms with E-state index in [1.54, 1.807) is 23.5 Å². The highest BCUT2D eigenvalue weighted by molar-refractivity contribution is 7.19. The Kier molecular flexibility index (Phi) is 5.00. The number of rotatable bonds is 4. The van der Waals surface area contributed by atoms with Gasteiger partial charge in [-0.15, -0.1) is 21.5 Å². The molecule has 1 aliphatic rings. The normalized spacial score (nSPS) is 15.9. The number of nitrogens with zero attached hydrogens (tertiary/aromatic N) is 5. The summed E-state index contributed by atoms with van der Waals surface area (Å²) in [5, 5.41) is 18.3. The Morgan fingerprint density at radius 3 is 2.78 bits per heavy atom. The third kappa shape index (κ3) is 3.63. The Labute approximate surface area is 161 Å². The van der Waals surface area contributed by atoms with Crippen LogP contribution in [0.1, 0.15) is 35.4 Å². The third-order valence-electron chi connectivity index (χ3n) is 4.99. The third-order valence-corrected chi connectivity index (χ3v) is 5.99. The van der Waals surface area contributed by atoms with Gasteiger partial charge in [-0.2, -0.15) is 0 Å². The molecule has 0 atom stereocenters. The van der Waals surface area contributed by atoms with Crippen molar-refractivity contribution in [3.8, 4) is 0 Å². The van der Waals surface area contributed by atoms with Crippen LogP contribution in [0.4, 0.5) is 0 Å². The number of benzene rings is 1. The average molecular weight is 383 g/mol. The molecule has 1 saturated heterocycles. The quantitative estimate of drug-likeness (QED) is 0.699. The van der Waals surface area contributed by atoms with Gasteiger partial charge in [0, 0.05) is 32.1 Å². The lowest BCUT2D eigenvalue weighted by Crippen LogP contribution is -2.37. The van der Waals surface area contributed by atoms with E-state index in [1.807, 2.05) is 40.8 Å². The second-order valence-electron chi connectivity index (χ2n) is 6.64. The van der Waals surface area contributed by atoms with Crippen molar-refractivity contribution >= 4 is 33.5 Å². The number of hydrogen-bond donors (Lipinski definition) is 1. The van der Waals surface area contributed by atoms with Crippen LogP contribution in [0.15, 0.2) is 30.3 Å². The van der Waals surface area contributed by atoms with Crippen molar-refractivity contribution in [2.75, 3.05) is 13.1 Å². The Balaban J connectivity index is 1.37. The molecule has 1 aromatic carbocycles. The van der Waals surface area contributed by atoms with Gasteiger partial charge in [0.25, 0.3) is 0 Å². The molecule has 140 valence electrons. The molecule has 2 aromatic heterocycles. The highest BCUT2D eigenvalue weighted by Gasteiger charge is 2.26. The predicted octanol–water partition coefficient (Wildman–Crippen LogP) is 2.34. The molecule has 0 unspecified atom stereocenters. The van der Waals surface area contributed by atoms with Crippen molar-refractivity contribution in [3.63, 3.8) is 0 Å². The van der Waals surface area contributed by atoms with E-state index in [0.29, 0.717) is 18.9 Å². The summed E-state index contributed by atoms with van der Waals surface area (Å²) in [5.74, 6) is 1.74. The first kappa shape index (κ1) is 17.8. The van der Waals surface area contributed by atoms with E-state index in [9.17, 15) is 9.90 Å². The fourth-order valence-corrected chi connectivity index (χ4v) is 4.31. The van der Waals surface area contributed by atoms with E-state index in [-0.39, 0.29) is 18.4 Å². The van der Waals surface area contributed by atoms with Gasteiger partial charge in [-0.1, -0.05) is 12.1 Å². The molecule has 1 fully saturated rings. The lowest BCUT2D eigenvalue weighted by atomic mass is 9.96. The fourth-order valence-electron chi connectivity index (χ4n) is 3.44. The first-order valence-corrected chi connectivity index (χ1v) is 9.79. The fraction of sp³-hybridized carbons (Fsp3) is 0.368. The number of hydrogen-bond acceptors (Lipinski definition) is 6. The lowest BCUT2D eigenvalue weighted by Gasteiger charge is -2.30. The summed E-state index contributed by atoms with van der Waals surface area (Å²) in [7, 11) is 1.87. The van der Waals surface area contributed by atoms with Crippen LogP contribution in [0, 0.1) is 0 Å². The second kappa shape index (κ2) is 7.58. The van der Waals surface area contributed by atoms with Gasteiger partial charge >= 0.3 is 0 Å². The highest BCUT2D eigenvalue weighted by Crippen LogP contribution is 2.27. The number of aliphatic hydroxyl groups is 1. The summed E-state index contributed by atoms with van der Waals surface area (Å²) < 4.78 is 2.98. The second-order valence-corrected chi connectivity index (χ2v) is 7.71. The maximum atomic E-state index is 12.5. The molecule has 0 spiro atoms. The van der Waals surface area contributed by atoms with Crippen molar-refractivity contribution in [1.29, 1.82) is 0 Å². The Hall–Kier alpha value is -2.58. The molecule has 0 saturated carbocycles. The van der Waals surface area contributed by atoms with E-state index in [1.165, 1.54) is 0 Å². The van der Waals surface area contributed by atoms with Crippen LogP contribution in [0.5, 0.6) is 0 Å². The minimum absolute atomic E-state index is 0.0155. The zero-order valence-corrected chi connectivity index (χ0v) is 15.9. The monoisotopic (exact) mass is 383 g/mol. The van der Waals surface area contributed by atoms with Gasteiger partial charge in [-0.25, -0.2) is 4.98 Å². The Morgan fingerprint density at radius 2 is 2.07 bits per heavy atom. The van der Waals surface area contributed by atoms with Gasteiger partial charge < -0.3 is 14.6 Å². The summed E-state index contributed by atoms with van der Waals surface area (Å²) in [6.07, 6.45) is 5.11. The molecule has 4 rings (SSSR count). The molecule has 1 aliphatic heterocycles. The van der Waals surface area contributed by atoms with Crippen molar-refractivity contribution < 1.29 is 9.90 Å². The van der Waals surface area contributed by atoms with E-state index in [4.69, 9.17) is 0 Å². The molecule has 27 heavy (non-hydrogen) atoms. The maximum Gasteiger partial charge on any atom is 0.246 e. The standard InChI is InChI=1S/C19H21N5O2S/c1-23-16(12-25)21-22-19(23)13-8-10-24(11-9-13)18(26)7-6-17-20-14-4-2-3-5-15(14)27-17/h2-7,13,25H,8-12H2,1H3/b7-6+. The lowest BCUT2D eigenvalue weighted by molar-refractivity contribution is -0.127. The van der Waals surface area contributed by atoms with Gasteiger partial charge in [0.2, 0.25) is 5.91 Å². The van der Waals surface area contributed by atoms with Crippen LogP contribution in [-0.2, 0) is 18.4 Å². The van der Waals surface area contributed by atoms with Gasteiger partial charge in [0.15, 0.2) is 5.82 Å². The summed E-state index contributed by atoms with van der Waals surface area (Å²) in [6.45, 7) is 1.27. The maximum absolute atomic E-state index is 12.5. The number of carbonyl (C=O) groups excluding carboxylic acids is 1. The molecule has 8 heteroatoms. The van der Waals surface area contributed by atoms with E-state index in [2.05, 4.69) is 15.2 Å². The van der Waals surface area contributed by atoms with Gasteiger partial charge in [-0.05, 0) is 31.1 Å². The topological polar surface area (TPSA) is 84.1 Å². The summed E-state index contributed by atoms with van der Waals surface area (Å²) in [5.41, 5.74) is 0.960. The van der Waals surface area contributed by atoms with Crippen molar-refractivity contribution in [2.24, 2.45) is 7.05 Å². The molecule has 0 radical (unpaired) electrons. The minimum atomic E-state index is -0.114. The number of para-hydroxylation sites is 1. The molecule has 0 aliphatic carbocycles. The van der Waals surface area contributed by atoms with Crippen molar-refractivity contribution in [2.45, 2.75) is 25.4 Å². The van der Waals surface area contributed by atoms with Crippen LogP contribution < -0.4 is 0 Å². The van der Waals surface area contributed by atoms with E-state index >= 15 is 0 Å². The first-order valence-electron chi connectivity index (χ1n) is 8.97. The first-order chi connectivity index (χ1) is 13.2. The molecular formula is C19H21N5O2S. The molecule has 1 N–H and O–H groups in total. The number of aliphatic hydroxyl groups excluding tert-OH is 1. The van der Waals surface area contributed by atoms with Crippen molar-refractivity contribution in [3.05, 3.63) is 47.0 Å². The number of amides is 1. The zero-order chi connectivity index (χ0) is 18.8. The van der Waals surface area contributed by atoms with Gasteiger partial charge in [0.1, 0.15) is 17.4 Å². The Morgan fingerprint density at radius 1 is 1.30 bits per heavy atom. The van der Waals surface area contributed by atoms with Crippen LogP contribution in [0.3, 0.4) is 0 Å². The number of fused-ring (bicyclic) bond motifs is 1. The van der Waals surface area contributed by atoms with Crippen LogP contribution in [0.25, 0.3) is 16.3 Å². The van der Waals surface area contributed by atoms with Crippen LogP contribution >= 0.6 is 11.3 Å². The smallest absolute Gasteiger partial charge is 0.246 e. The van der Waals surface area contributed by atoms with Crippen LogP contribution in [0.2, 0.25) is 0 Å². The van der Waals surface area contributed by atoms with Gasteiger partial charge in [-0.3, -0.25) is 4.79 Å². The molecule has 7 nitrogen and oxygen atoms in total. The van der Waals surface area contributed by atoms with E-state index < -0.39 is 0 Å². The summed E-state index contributed by atoms with van der Waals surface area (Å²) in [6, 6.07) is 7.96. The molecule has 3 heterocycles. The molecule has 1 amide bonds. The zero-order valence-electron chi connectivity index (χ0n) is 15.1. The minimum Gasteiger partial charge on any atom is -0.388 e. The number of likely N-dealkylation sites (tertiary alicyclic amines) is 1. The number of carbonyl (C=O) groups is 1. The predicted molar refractivity (Wildman–Crippen MR) is 104 cm³/mol. The van der Waals surface area contributed by atoms with Crippen molar-refractivity contribution in [1.82, 2.24) is 24.6 Å². The number of piperidine rings is 1. The summed E-state index contributed by atoms with van der Waals surface area (Å²) in [4.78, 5) is 18.9. The SMILES string of the molecule is Cn1c(CO)nnc1C1CCN(C(=O)/C=C/c2nc3ccccc3s2)CC1. The molecule has 0 bridgehead atoms. The average Bonchev–Trinajstić information content (AvgIpc) is 3.29. The molecule has 3 aromatic rings. The van der Waals surface area contributed by atoms with Gasteiger partial charge in [0.05, 0.1) is 10.2 Å². The van der Waals surface area contributed by atoms with Crippen LogP contribution in [-0.4, -0.2) is 48.8 Å². The van der Waals surface area contributed by atoms with E-state index in [0.717, 1.165) is 33.9 Å². The Bertz CT molecular complexity index is 952.